The lowest BCUT2D eigenvalue weighted by atomic mass is 10.0. The maximum atomic E-state index is 12.5. The molecule has 1 aliphatic heterocycles. The Labute approximate surface area is 142 Å². The zero-order chi connectivity index (χ0) is 17.2. The van der Waals surface area contributed by atoms with Crippen molar-refractivity contribution in [2.75, 3.05) is 30.4 Å². The van der Waals surface area contributed by atoms with E-state index in [1.54, 1.807) is 4.90 Å². The van der Waals surface area contributed by atoms with E-state index in [2.05, 4.69) is 5.32 Å². The lowest BCUT2D eigenvalue weighted by Gasteiger charge is -2.32. The van der Waals surface area contributed by atoms with Crippen LogP contribution in [0.5, 0.6) is 0 Å². The van der Waals surface area contributed by atoms with Gasteiger partial charge in [0, 0.05) is 19.3 Å². The lowest BCUT2D eigenvalue weighted by molar-refractivity contribution is 0.183. The number of halogens is 1. The van der Waals surface area contributed by atoms with Crippen molar-refractivity contribution in [1.29, 1.82) is 0 Å². The number of nitrogens with zero attached hydrogens (tertiary/aromatic N) is 1. The van der Waals surface area contributed by atoms with Gasteiger partial charge in [0.2, 0.25) is 0 Å². The number of urea groups is 1. The summed E-state index contributed by atoms with van der Waals surface area (Å²) in [5.74, 6) is 0.125. The number of likely N-dealkylation sites (tertiary alicyclic amines) is 1. The summed E-state index contributed by atoms with van der Waals surface area (Å²) in [6.45, 7) is 4.94. The van der Waals surface area contributed by atoms with Crippen LogP contribution in [-0.4, -0.2) is 44.4 Å². The van der Waals surface area contributed by atoms with Gasteiger partial charge in [0.05, 0.1) is 16.5 Å². The van der Waals surface area contributed by atoms with Crippen molar-refractivity contribution in [3.63, 3.8) is 0 Å². The van der Waals surface area contributed by atoms with Crippen LogP contribution < -0.4 is 5.32 Å². The number of aryl methyl sites for hydroxylation is 2. The van der Waals surface area contributed by atoms with Gasteiger partial charge in [0.1, 0.15) is 9.84 Å². The van der Waals surface area contributed by atoms with E-state index in [1.165, 1.54) is 6.26 Å². The molecule has 2 rings (SSSR count). The fourth-order valence-corrected chi connectivity index (χ4v) is 4.57. The quantitative estimate of drug-likeness (QED) is 0.901. The minimum atomic E-state index is -3.03. The number of rotatable bonds is 3. The zero-order valence-electron chi connectivity index (χ0n) is 13.7. The Bertz CT molecular complexity index is 680. The molecule has 0 radical (unpaired) electrons. The van der Waals surface area contributed by atoms with Gasteiger partial charge < -0.3 is 10.2 Å². The number of benzene rings is 1. The van der Waals surface area contributed by atoms with Crippen LogP contribution in [0.25, 0.3) is 0 Å². The number of amides is 2. The van der Waals surface area contributed by atoms with Crippen LogP contribution in [0.3, 0.4) is 0 Å². The standard InChI is InChI=1S/C16H23ClN2O3S/c1-11-7-12(2)15(14(17)8-11)18-16(20)19-6-4-5-13(9-19)10-23(3,21)22/h7-8,13H,4-6,9-10H2,1-3H3,(H,18,20)/t13-/m0/s1. The second-order valence-electron chi connectivity index (χ2n) is 6.42. The lowest BCUT2D eigenvalue weighted by Crippen LogP contribution is -2.44. The van der Waals surface area contributed by atoms with Crippen LogP contribution in [0, 0.1) is 19.8 Å². The van der Waals surface area contributed by atoms with Crippen LogP contribution in [0.1, 0.15) is 24.0 Å². The fraction of sp³-hybridized carbons (Fsp3) is 0.562. The van der Waals surface area contributed by atoms with Gasteiger partial charge in [-0.25, -0.2) is 13.2 Å². The number of anilines is 1. The second kappa shape index (κ2) is 7.09. The van der Waals surface area contributed by atoms with Crippen molar-refractivity contribution in [2.45, 2.75) is 26.7 Å². The van der Waals surface area contributed by atoms with E-state index in [-0.39, 0.29) is 17.7 Å². The molecule has 7 heteroatoms. The van der Waals surface area contributed by atoms with Crippen LogP contribution in [0.15, 0.2) is 12.1 Å². The van der Waals surface area contributed by atoms with Gasteiger partial charge in [-0.3, -0.25) is 0 Å². The average Bonchev–Trinajstić information content (AvgIpc) is 2.41. The molecule has 2 amide bonds. The molecule has 0 aromatic heterocycles. The summed E-state index contributed by atoms with van der Waals surface area (Å²) in [4.78, 5) is 14.2. The maximum Gasteiger partial charge on any atom is 0.321 e. The molecule has 1 heterocycles. The first-order chi connectivity index (χ1) is 10.7. The van der Waals surface area contributed by atoms with Gasteiger partial charge >= 0.3 is 6.03 Å². The van der Waals surface area contributed by atoms with Crippen molar-refractivity contribution >= 4 is 33.2 Å². The molecule has 1 atom stereocenters. The van der Waals surface area contributed by atoms with E-state index in [0.717, 1.165) is 24.0 Å². The molecule has 0 spiro atoms. The van der Waals surface area contributed by atoms with Gasteiger partial charge in [-0.05, 0) is 49.8 Å². The maximum absolute atomic E-state index is 12.5. The van der Waals surface area contributed by atoms with Crippen LogP contribution in [0.2, 0.25) is 5.02 Å². The molecule has 0 bridgehead atoms. The van der Waals surface area contributed by atoms with E-state index in [9.17, 15) is 13.2 Å². The highest BCUT2D eigenvalue weighted by Crippen LogP contribution is 2.28. The highest BCUT2D eigenvalue weighted by atomic mass is 35.5. The number of sulfone groups is 1. The summed E-state index contributed by atoms with van der Waals surface area (Å²) >= 11 is 6.22. The summed E-state index contributed by atoms with van der Waals surface area (Å²) in [6, 6.07) is 3.55. The van der Waals surface area contributed by atoms with Crippen molar-refractivity contribution in [3.8, 4) is 0 Å². The summed E-state index contributed by atoms with van der Waals surface area (Å²) in [7, 11) is -3.03. The summed E-state index contributed by atoms with van der Waals surface area (Å²) < 4.78 is 22.9. The highest BCUT2D eigenvalue weighted by molar-refractivity contribution is 7.90. The zero-order valence-corrected chi connectivity index (χ0v) is 15.3. The second-order valence-corrected chi connectivity index (χ2v) is 9.01. The van der Waals surface area contributed by atoms with Crippen molar-refractivity contribution in [3.05, 3.63) is 28.3 Å². The SMILES string of the molecule is Cc1cc(C)c(NC(=O)N2CCC[C@H](CS(C)(=O)=O)C2)c(Cl)c1. The normalized spacial score (nSPS) is 18.8. The van der Waals surface area contributed by atoms with Crippen LogP contribution in [0.4, 0.5) is 10.5 Å². The molecule has 0 saturated carbocycles. The van der Waals surface area contributed by atoms with Crippen LogP contribution in [-0.2, 0) is 9.84 Å². The van der Waals surface area contributed by atoms with E-state index >= 15 is 0 Å². The van der Waals surface area contributed by atoms with Gasteiger partial charge in [-0.1, -0.05) is 17.7 Å². The van der Waals surface area contributed by atoms with E-state index < -0.39 is 9.84 Å². The van der Waals surface area contributed by atoms with Crippen molar-refractivity contribution < 1.29 is 13.2 Å². The Hall–Kier alpha value is -1.27. The van der Waals surface area contributed by atoms with E-state index in [0.29, 0.717) is 23.8 Å². The first kappa shape index (κ1) is 18.1. The molecule has 1 saturated heterocycles. The number of carbonyl (C=O) groups is 1. The number of hydrogen-bond donors (Lipinski definition) is 1. The third-order valence-corrected chi connectivity index (χ3v) is 5.38. The molecule has 0 unspecified atom stereocenters. The Kier molecular flexibility index (Phi) is 5.57. The monoisotopic (exact) mass is 358 g/mol. The summed E-state index contributed by atoms with van der Waals surface area (Å²) in [5.41, 5.74) is 2.57. The molecular weight excluding hydrogens is 336 g/mol. The Morgan fingerprint density at radius 2 is 2.09 bits per heavy atom. The third kappa shape index (κ3) is 5.11. The molecule has 128 valence electrons. The molecule has 5 nitrogen and oxygen atoms in total. The predicted octanol–water partition coefficient (Wildman–Crippen LogP) is 3.25. The smallest absolute Gasteiger partial charge is 0.321 e. The number of hydrogen-bond acceptors (Lipinski definition) is 3. The first-order valence-corrected chi connectivity index (χ1v) is 10.1. The van der Waals surface area contributed by atoms with E-state index in [4.69, 9.17) is 11.6 Å². The largest absolute Gasteiger partial charge is 0.324 e. The predicted molar refractivity (Wildman–Crippen MR) is 94.0 cm³/mol. The topological polar surface area (TPSA) is 66.5 Å². The molecule has 1 fully saturated rings. The van der Waals surface area contributed by atoms with Gasteiger partial charge in [-0.2, -0.15) is 0 Å². The molecule has 23 heavy (non-hydrogen) atoms. The minimum absolute atomic E-state index is 0.000846. The Balaban J connectivity index is 2.06. The van der Waals surface area contributed by atoms with Gasteiger partial charge in [0.15, 0.2) is 0 Å². The summed E-state index contributed by atoms with van der Waals surface area (Å²) in [5, 5.41) is 3.38. The third-order valence-electron chi connectivity index (χ3n) is 4.01. The van der Waals surface area contributed by atoms with E-state index in [1.807, 2.05) is 26.0 Å². The molecule has 1 aromatic rings. The summed E-state index contributed by atoms with van der Waals surface area (Å²) in [6.07, 6.45) is 2.89. The van der Waals surface area contributed by atoms with Crippen molar-refractivity contribution in [1.82, 2.24) is 4.90 Å². The first-order valence-electron chi connectivity index (χ1n) is 7.66. The average molecular weight is 359 g/mol. The van der Waals surface area contributed by atoms with Gasteiger partial charge in [0.25, 0.3) is 0 Å². The van der Waals surface area contributed by atoms with Crippen LogP contribution >= 0.6 is 11.6 Å². The minimum Gasteiger partial charge on any atom is -0.324 e. The molecular formula is C16H23ClN2O3S. The van der Waals surface area contributed by atoms with Gasteiger partial charge in [-0.15, -0.1) is 0 Å². The Morgan fingerprint density at radius 1 is 1.39 bits per heavy atom. The fourth-order valence-electron chi connectivity index (χ4n) is 3.07. The molecule has 1 N–H and O–H groups in total. The number of nitrogens with one attached hydrogen (secondary N) is 1. The molecule has 1 aromatic carbocycles. The molecule has 0 aliphatic carbocycles. The van der Waals surface area contributed by atoms with Crippen molar-refractivity contribution in [2.24, 2.45) is 5.92 Å². The number of carbonyl (C=O) groups excluding carboxylic acids is 1. The highest BCUT2D eigenvalue weighted by Gasteiger charge is 2.26. The molecule has 1 aliphatic rings. The Morgan fingerprint density at radius 3 is 2.70 bits per heavy atom. The number of piperidine rings is 1.